The number of aliphatic hydroxyl groups is 1. The molecule has 2 bridgehead atoms. The van der Waals surface area contributed by atoms with Crippen molar-refractivity contribution >= 4 is 29.5 Å². The molecule has 3 heterocycles. The maximum absolute atomic E-state index is 14.2. The van der Waals surface area contributed by atoms with Crippen molar-refractivity contribution in [2.24, 2.45) is 17.8 Å². The van der Waals surface area contributed by atoms with Crippen LogP contribution in [0.1, 0.15) is 59.4 Å². The van der Waals surface area contributed by atoms with Crippen molar-refractivity contribution in [1.82, 2.24) is 15.5 Å². The van der Waals surface area contributed by atoms with Gasteiger partial charge < -0.3 is 20.6 Å². The number of nitrogens with one attached hydrogen (secondary N) is 2. The van der Waals surface area contributed by atoms with E-state index in [1.54, 1.807) is 16.7 Å². The summed E-state index contributed by atoms with van der Waals surface area (Å²) in [5.41, 5.74) is 1.00. The number of hydrogen-bond donors (Lipinski definition) is 3. The molecule has 0 saturated carbocycles. The smallest absolute Gasteiger partial charge is 0.244 e. The second kappa shape index (κ2) is 9.77. The van der Waals surface area contributed by atoms with E-state index in [2.05, 4.69) is 17.6 Å². The van der Waals surface area contributed by atoms with E-state index in [1.165, 1.54) is 0 Å². The highest BCUT2D eigenvalue weighted by atomic mass is 32.2. The van der Waals surface area contributed by atoms with Crippen LogP contribution in [0.4, 0.5) is 0 Å². The van der Waals surface area contributed by atoms with Gasteiger partial charge in [0.05, 0.1) is 29.2 Å². The number of carbonyl (C=O) groups is 3. The zero-order valence-electron chi connectivity index (χ0n) is 21.4. The van der Waals surface area contributed by atoms with E-state index in [1.807, 2.05) is 58.0 Å². The summed E-state index contributed by atoms with van der Waals surface area (Å²) in [4.78, 5) is 43.1. The Kier molecular flexibility index (Phi) is 7.26. The molecule has 1 spiro atoms. The largest absolute Gasteiger partial charge is 0.394 e. The number of amides is 3. The lowest BCUT2D eigenvalue weighted by molar-refractivity contribution is -0.144. The van der Waals surface area contributed by atoms with Crippen LogP contribution in [0.2, 0.25) is 0 Å². The second-order valence-electron chi connectivity index (χ2n) is 11.0. The van der Waals surface area contributed by atoms with E-state index in [4.69, 9.17) is 0 Å². The van der Waals surface area contributed by atoms with Gasteiger partial charge >= 0.3 is 0 Å². The number of rotatable bonds is 9. The molecule has 3 aliphatic heterocycles. The molecule has 3 aliphatic rings. The fourth-order valence-electron chi connectivity index (χ4n) is 6.49. The van der Waals surface area contributed by atoms with E-state index < -0.39 is 33.4 Å². The van der Waals surface area contributed by atoms with E-state index in [0.717, 1.165) is 18.4 Å². The molecule has 0 aliphatic carbocycles. The predicted molar refractivity (Wildman–Crippen MR) is 137 cm³/mol. The lowest BCUT2D eigenvalue weighted by atomic mass is 9.66. The Morgan fingerprint density at radius 3 is 2.46 bits per heavy atom. The molecule has 0 aromatic heterocycles. The van der Waals surface area contributed by atoms with Crippen LogP contribution >= 0.6 is 11.8 Å². The zero-order valence-corrected chi connectivity index (χ0v) is 22.2. The van der Waals surface area contributed by atoms with Crippen LogP contribution in [-0.2, 0) is 20.9 Å². The van der Waals surface area contributed by atoms with Crippen molar-refractivity contribution in [3.8, 4) is 0 Å². The number of hydrogen-bond acceptors (Lipinski definition) is 5. The summed E-state index contributed by atoms with van der Waals surface area (Å²) in [6.45, 7) is 10.1. The highest BCUT2D eigenvalue weighted by Crippen LogP contribution is 2.71. The molecule has 3 saturated heterocycles. The topological polar surface area (TPSA) is 98.7 Å². The molecule has 8 heteroatoms. The van der Waals surface area contributed by atoms with E-state index >= 15 is 0 Å². The predicted octanol–water partition coefficient (Wildman–Crippen LogP) is 2.72. The maximum atomic E-state index is 14.2. The summed E-state index contributed by atoms with van der Waals surface area (Å²) in [7, 11) is 0. The van der Waals surface area contributed by atoms with Crippen molar-refractivity contribution in [2.75, 3.05) is 6.61 Å². The SMILES string of the molecule is CC[C@H](C)[C@H](CO)N1C(=O)[C@@H]2[C@@H](C(=O)NCc3ccccc3)[C@@]3(C)CCC2(S3)C1C(=O)NC(C)C. The fourth-order valence-corrected chi connectivity index (χ4v) is 8.84. The monoisotopic (exact) mass is 501 g/mol. The Balaban J connectivity index is 1.71. The van der Waals surface area contributed by atoms with Crippen LogP contribution in [0, 0.1) is 17.8 Å². The first kappa shape index (κ1) is 26.0. The van der Waals surface area contributed by atoms with Crippen LogP contribution in [0.25, 0.3) is 0 Å². The van der Waals surface area contributed by atoms with Gasteiger partial charge in [-0.3, -0.25) is 14.4 Å². The van der Waals surface area contributed by atoms with Crippen LogP contribution in [0.3, 0.4) is 0 Å². The van der Waals surface area contributed by atoms with Crippen LogP contribution in [0.5, 0.6) is 0 Å². The Morgan fingerprint density at radius 1 is 1.17 bits per heavy atom. The third-order valence-corrected chi connectivity index (χ3v) is 10.3. The Labute approximate surface area is 212 Å². The number of thioether (sulfide) groups is 1. The van der Waals surface area contributed by atoms with Gasteiger partial charge in [0.25, 0.3) is 0 Å². The quantitative estimate of drug-likeness (QED) is 0.483. The van der Waals surface area contributed by atoms with Gasteiger partial charge in [-0.25, -0.2) is 0 Å². The number of fused-ring (bicyclic) bond motifs is 1. The van der Waals surface area contributed by atoms with Crippen molar-refractivity contribution in [3.05, 3.63) is 35.9 Å². The van der Waals surface area contributed by atoms with Gasteiger partial charge in [-0.1, -0.05) is 50.6 Å². The summed E-state index contributed by atoms with van der Waals surface area (Å²) in [6.07, 6.45) is 2.26. The molecule has 7 atom stereocenters. The molecule has 3 fully saturated rings. The Hall–Kier alpha value is -2.06. The molecule has 1 aromatic carbocycles. The van der Waals surface area contributed by atoms with Crippen molar-refractivity contribution in [1.29, 1.82) is 0 Å². The third-order valence-electron chi connectivity index (χ3n) is 8.33. The van der Waals surface area contributed by atoms with Gasteiger partial charge in [0.15, 0.2) is 0 Å². The third kappa shape index (κ3) is 4.26. The van der Waals surface area contributed by atoms with E-state index in [0.29, 0.717) is 13.0 Å². The van der Waals surface area contributed by atoms with Gasteiger partial charge in [0.2, 0.25) is 17.7 Å². The number of likely N-dealkylation sites (tertiary alicyclic amines) is 1. The first-order chi connectivity index (χ1) is 16.6. The molecular weight excluding hydrogens is 462 g/mol. The minimum atomic E-state index is -0.702. The summed E-state index contributed by atoms with van der Waals surface area (Å²) >= 11 is 1.66. The Morgan fingerprint density at radius 2 is 1.86 bits per heavy atom. The van der Waals surface area contributed by atoms with Gasteiger partial charge in [-0.15, -0.1) is 11.8 Å². The number of carbonyl (C=O) groups excluding carboxylic acids is 3. The molecular formula is C27H39N3O4S. The molecule has 3 N–H and O–H groups in total. The normalized spacial score (nSPS) is 33.1. The summed E-state index contributed by atoms with van der Waals surface area (Å²) in [5, 5.41) is 16.5. The highest BCUT2D eigenvalue weighted by Gasteiger charge is 2.77. The molecule has 7 nitrogen and oxygen atoms in total. The van der Waals surface area contributed by atoms with Crippen molar-refractivity contribution in [3.63, 3.8) is 0 Å². The molecule has 192 valence electrons. The lowest BCUT2D eigenvalue weighted by Gasteiger charge is -2.39. The van der Waals surface area contributed by atoms with Crippen LogP contribution in [0.15, 0.2) is 30.3 Å². The molecule has 2 unspecified atom stereocenters. The van der Waals surface area contributed by atoms with Crippen molar-refractivity contribution in [2.45, 2.75) is 88.0 Å². The summed E-state index contributed by atoms with van der Waals surface area (Å²) in [5.74, 6) is -1.55. The van der Waals surface area contributed by atoms with E-state index in [9.17, 15) is 19.5 Å². The van der Waals surface area contributed by atoms with Crippen molar-refractivity contribution < 1.29 is 19.5 Å². The number of nitrogens with zero attached hydrogens (tertiary/aromatic N) is 1. The maximum Gasteiger partial charge on any atom is 0.244 e. The first-order valence-electron chi connectivity index (χ1n) is 12.8. The zero-order chi connectivity index (χ0) is 25.5. The average molecular weight is 502 g/mol. The first-order valence-corrected chi connectivity index (χ1v) is 13.7. The van der Waals surface area contributed by atoms with E-state index in [-0.39, 0.29) is 36.3 Å². The van der Waals surface area contributed by atoms with Gasteiger partial charge in [0.1, 0.15) is 6.04 Å². The van der Waals surface area contributed by atoms with Crippen LogP contribution < -0.4 is 10.6 Å². The van der Waals surface area contributed by atoms with Crippen LogP contribution in [-0.4, -0.2) is 62.0 Å². The standard InChI is InChI=1S/C27H39N3O4S/c1-6-17(4)19(15-31)30-22(24(33)29-16(2)3)27-13-12-26(5,35-27)20(21(27)25(30)34)23(32)28-14-18-10-8-7-9-11-18/h7-11,16-17,19-22,31H,6,12-15H2,1-5H3,(H,28,32)(H,29,33)/t17-,19-,20-,21-,22?,26+,27?/m0/s1. The van der Waals surface area contributed by atoms with Gasteiger partial charge in [0, 0.05) is 17.3 Å². The summed E-state index contributed by atoms with van der Waals surface area (Å²) < 4.78 is -1.07. The fraction of sp³-hybridized carbons (Fsp3) is 0.667. The Bertz CT molecular complexity index is 972. The minimum absolute atomic E-state index is 0.0247. The van der Waals surface area contributed by atoms with Gasteiger partial charge in [-0.2, -0.15) is 0 Å². The molecule has 3 amide bonds. The van der Waals surface area contributed by atoms with Gasteiger partial charge in [-0.05, 0) is 45.1 Å². The number of benzene rings is 1. The molecule has 35 heavy (non-hydrogen) atoms. The number of aliphatic hydroxyl groups excluding tert-OH is 1. The lowest BCUT2D eigenvalue weighted by Crippen LogP contribution is -2.58. The summed E-state index contributed by atoms with van der Waals surface area (Å²) in [6, 6.07) is 8.50. The molecule has 4 rings (SSSR count). The average Bonchev–Trinajstić information content (AvgIpc) is 3.39. The minimum Gasteiger partial charge on any atom is -0.394 e. The highest BCUT2D eigenvalue weighted by molar-refractivity contribution is 8.02. The second-order valence-corrected chi connectivity index (χ2v) is 12.9. The molecule has 0 radical (unpaired) electrons. The molecule has 1 aromatic rings.